The van der Waals surface area contributed by atoms with E-state index in [4.69, 9.17) is 11.6 Å². The van der Waals surface area contributed by atoms with Crippen LogP contribution < -0.4 is 4.90 Å². The molecule has 0 N–H and O–H groups in total. The molecule has 1 aromatic rings. The quantitative estimate of drug-likeness (QED) is 0.795. The Labute approximate surface area is 108 Å². The number of rotatable bonds is 3. The molecular formula is C11H13ClF3N3. The van der Waals surface area contributed by atoms with Crippen molar-refractivity contribution in [3.05, 3.63) is 16.5 Å². The summed E-state index contributed by atoms with van der Waals surface area (Å²) in [5.41, 5.74) is 0.499. The van der Waals surface area contributed by atoms with Crippen molar-refractivity contribution >= 4 is 17.4 Å². The Morgan fingerprint density at radius 2 is 1.89 bits per heavy atom. The van der Waals surface area contributed by atoms with Crippen molar-refractivity contribution in [1.82, 2.24) is 9.97 Å². The highest BCUT2D eigenvalue weighted by molar-refractivity contribution is 6.30. The van der Waals surface area contributed by atoms with E-state index in [9.17, 15) is 13.2 Å². The first-order chi connectivity index (χ1) is 8.28. The van der Waals surface area contributed by atoms with Gasteiger partial charge in [0.1, 0.15) is 23.3 Å². The SMILES string of the molecule is Cc1nc(Cl)c(C)c(N(CC(F)(F)F)C2CC2)n1. The summed E-state index contributed by atoms with van der Waals surface area (Å²) in [4.78, 5) is 9.34. The lowest BCUT2D eigenvalue weighted by molar-refractivity contribution is -0.120. The van der Waals surface area contributed by atoms with E-state index >= 15 is 0 Å². The average Bonchev–Trinajstić information content (AvgIpc) is 3.02. The van der Waals surface area contributed by atoms with E-state index < -0.39 is 12.7 Å². The summed E-state index contributed by atoms with van der Waals surface area (Å²) in [5, 5.41) is 0.213. The van der Waals surface area contributed by atoms with Crippen molar-refractivity contribution in [1.29, 1.82) is 0 Å². The summed E-state index contributed by atoms with van der Waals surface area (Å²) < 4.78 is 37.8. The molecule has 100 valence electrons. The fourth-order valence-corrected chi connectivity index (χ4v) is 2.02. The molecule has 1 aliphatic carbocycles. The van der Waals surface area contributed by atoms with Gasteiger partial charge in [0.25, 0.3) is 0 Å². The number of aromatic nitrogens is 2. The first-order valence-electron chi connectivity index (χ1n) is 5.62. The third kappa shape index (κ3) is 3.04. The van der Waals surface area contributed by atoms with E-state index in [0.717, 1.165) is 12.8 Å². The van der Waals surface area contributed by atoms with Crippen LogP contribution in [0.5, 0.6) is 0 Å². The van der Waals surface area contributed by atoms with E-state index in [0.29, 0.717) is 17.2 Å². The third-order valence-electron chi connectivity index (χ3n) is 2.78. The lowest BCUT2D eigenvalue weighted by Gasteiger charge is -2.26. The number of nitrogens with zero attached hydrogens (tertiary/aromatic N) is 3. The second-order valence-electron chi connectivity index (χ2n) is 4.48. The minimum Gasteiger partial charge on any atom is -0.344 e. The first kappa shape index (κ1) is 13.4. The van der Waals surface area contributed by atoms with Gasteiger partial charge in [0.15, 0.2) is 0 Å². The zero-order valence-corrected chi connectivity index (χ0v) is 10.8. The van der Waals surface area contributed by atoms with Gasteiger partial charge in [-0.05, 0) is 26.7 Å². The maximum absolute atomic E-state index is 12.6. The van der Waals surface area contributed by atoms with Crippen LogP contribution in [0, 0.1) is 13.8 Å². The Bertz CT molecular complexity index is 458. The van der Waals surface area contributed by atoms with Crippen LogP contribution in [0.25, 0.3) is 0 Å². The molecule has 1 fully saturated rings. The zero-order chi connectivity index (χ0) is 13.5. The van der Waals surface area contributed by atoms with Gasteiger partial charge >= 0.3 is 6.18 Å². The van der Waals surface area contributed by atoms with Crippen LogP contribution in [0.3, 0.4) is 0 Å². The molecule has 18 heavy (non-hydrogen) atoms. The highest BCUT2D eigenvalue weighted by atomic mass is 35.5. The highest BCUT2D eigenvalue weighted by Crippen LogP contribution is 2.36. The van der Waals surface area contributed by atoms with E-state index in [1.807, 2.05) is 0 Å². The van der Waals surface area contributed by atoms with Crippen LogP contribution in [0.4, 0.5) is 19.0 Å². The molecular weight excluding hydrogens is 267 g/mol. The molecule has 0 amide bonds. The van der Waals surface area contributed by atoms with Crippen molar-refractivity contribution in [2.75, 3.05) is 11.4 Å². The molecule has 0 radical (unpaired) electrons. The molecule has 1 aliphatic rings. The molecule has 0 bridgehead atoms. The van der Waals surface area contributed by atoms with E-state index in [1.165, 1.54) is 4.90 Å². The summed E-state index contributed by atoms with van der Waals surface area (Å²) in [6.07, 6.45) is -2.73. The van der Waals surface area contributed by atoms with Crippen LogP contribution in [0.2, 0.25) is 5.15 Å². The Morgan fingerprint density at radius 3 is 2.39 bits per heavy atom. The minimum absolute atomic E-state index is 0.0873. The van der Waals surface area contributed by atoms with Crippen molar-refractivity contribution in [3.63, 3.8) is 0 Å². The van der Waals surface area contributed by atoms with Gasteiger partial charge in [-0.25, -0.2) is 9.97 Å². The predicted molar refractivity (Wildman–Crippen MR) is 62.9 cm³/mol. The normalized spacial score (nSPS) is 15.9. The largest absolute Gasteiger partial charge is 0.405 e. The molecule has 3 nitrogen and oxygen atoms in total. The third-order valence-corrected chi connectivity index (χ3v) is 3.15. The molecule has 0 aliphatic heterocycles. The average molecular weight is 280 g/mol. The second kappa shape index (κ2) is 4.57. The van der Waals surface area contributed by atoms with Crippen LogP contribution in [0.15, 0.2) is 0 Å². The molecule has 0 atom stereocenters. The maximum Gasteiger partial charge on any atom is 0.405 e. The lowest BCUT2D eigenvalue weighted by atomic mass is 10.3. The van der Waals surface area contributed by atoms with Gasteiger partial charge in [-0.3, -0.25) is 0 Å². The van der Waals surface area contributed by atoms with Crippen molar-refractivity contribution < 1.29 is 13.2 Å². The Hall–Kier alpha value is -1.04. The smallest absolute Gasteiger partial charge is 0.344 e. The summed E-state index contributed by atoms with van der Waals surface area (Å²) in [5.74, 6) is 0.681. The summed E-state index contributed by atoms with van der Waals surface area (Å²) in [6, 6.07) is -0.0873. The molecule has 2 rings (SSSR count). The predicted octanol–water partition coefficient (Wildman–Crippen LogP) is 3.28. The monoisotopic (exact) mass is 279 g/mol. The summed E-state index contributed by atoms with van der Waals surface area (Å²) in [7, 11) is 0. The second-order valence-corrected chi connectivity index (χ2v) is 4.84. The van der Waals surface area contributed by atoms with Gasteiger partial charge in [-0.1, -0.05) is 11.6 Å². The molecule has 1 heterocycles. The lowest BCUT2D eigenvalue weighted by Crippen LogP contribution is -2.37. The zero-order valence-electron chi connectivity index (χ0n) is 10.1. The Balaban J connectivity index is 2.36. The topological polar surface area (TPSA) is 29.0 Å². The van der Waals surface area contributed by atoms with Gasteiger partial charge in [0.05, 0.1) is 0 Å². The van der Waals surface area contributed by atoms with Crippen molar-refractivity contribution in [3.8, 4) is 0 Å². The first-order valence-corrected chi connectivity index (χ1v) is 6.00. The molecule has 1 aromatic heterocycles. The standard InChI is InChI=1S/C11H13ClF3N3/c1-6-9(12)16-7(2)17-10(6)18(8-3-4-8)5-11(13,14)15/h8H,3-5H2,1-2H3. The minimum atomic E-state index is -4.25. The van der Waals surface area contributed by atoms with E-state index in [2.05, 4.69) is 9.97 Å². The van der Waals surface area contributed by atoms with Gasteiger partial charge in [0, 0.05) is 11.6 Å². The number of hydrogen-bond donors (Lipinski definition) is 0. The number of aryl methyl sites for hydroxylation is 1. The van der Waals surface area contributed by atoms with Crippen LogP contribution in [0.1, 0.15) is 24.2 Å². The van der Waals surface area contributed by atoms with Gasteiger partial charge in [-0.2, -0.15) is 13.2 Å². The molecule has 0 spiro atoms. The number of alkyl halides is 3. The highest BCUT2D eigenvalue weighted by Gasteiger charge is 2.39. The Morgan fingerprint density at radius 1 is 1.28 bits per heavy atom. The summed E-state index contributed by atoms with van der Waals surface area (Å²) >= 11 is 5.90. The van der Waals surface area contributed by atoms with E-state index in [1.54, 1.807) is 13.8 Å². The van der Waals surface area contributed by atoms with E-state index in [-0.39, 0.29) is 11.2 Å². The maximum atomic E-state index is 12.6. The van der Waals surface area contributed by atoms with Gasteiger partial charge in [0.2, 0.25) is 0 Å². The fourth-order valence-electron chi connectivity index (χ4n) is 1.82. The molecule has 0 aromatic carbocycles. The number of anilines is 1. The Kier molecular flexibility index (Phi) is 3.40. The molecule has 0 unspecified atom stereocenters. The molecule has 0 saturated heterocycles. The van der Waals surface area contributed by atoms with Crippen LogP contribution in [-0.4, -0.2) is 28.7 Å². The van der Waals surface area contributed by atoms with Crippen molar-refractivity contribution in [2.24, 2.45) is 0 Å². The molecule has 7 heteroatoms. The number of halogens is 4. The van der Waals surface area contributed by atoms with Gasteiger partial charge < -0.3 is 4.90 Å². The van der Waals surface area contributed by atoms with Crippen molar-refractivity contribution in [2.45, 2.75) is 38.9 Å². The van der Waals surface area contributed by atoms with Crippen LogP contribution in [-0.2, 0) is 0 Å². The van der Waals surface area contributed by atoms with Crippen LogP contribution >= 0.6 is 11.6 Å². The van der Waals surface area contributed by atoms with Gasteiger partial charge in [-0.15, -0.1) is 0 Å². The summed E-state index contributed by atoms with van der Waals surface area (Å²) in [6.45, 7) is 2.27. The number of hydrogen-bond acceptors (Lipinski definition) is 3. The molecule has 1 saturated carbocycles. The fraction of sp³-hybridized carbons (Fsp3) is 0.636.